The topological polar surface area (TPSA) is 83.1 Å². The fraction of sp³-hybridized carbons (Fsp3) is 0.389. The fourth-order valence-corrected chi connectivity index (χ4v) is 15.7. The maximum atomic E-state index is 6.29. The fourth-order valence-electron chi connectivity index (χ4n) is 6.98. The molecule has 14 heteroatoms. The van der Waals surface area contributed by atoms with Crippen LogP contribution in [0.1, 0.15) is 27.7 Å². The van der Waals surface area contributed by atoms with Crippen molar-refractivity contribution in [2.75, 3.05) is 64.0 Å². The van der Waals surface area contributed by atoms with E-state index in [0.29, 0.717) is 51.7 Å². The zero-order valence-electron chi connectivity index (χ0n) is 30.8. The van der Waals surface area contributed by atoms with Gasteiger partial charge in [0.15, 0.2) is 0 Å². The van der Waals surface area contributed by atoms with Crippen LogP contribution in [0, 0.1) is 0 Å². The molecule has 0 fully saturated rings. The van der Waals surface area contributed by atoms with Gasteiger partial charge in [-0.2, -0.15) is 0 Å². The van der Waals surface area contributed by atoms with Gasteiger partial charge in [0.05, 0.1) is 0 Å². The minimum Gasteiger partial charge on any atom is -1.00 e. The molecular weight excluding hydrogens is 759 g/mol. The van der Waals surface area contributed by atoms with E-state index in [9.17, 15) is 0 Å². The first kappa shape index (κ1) is 45.2. The van der Waals surface area contributed by atoms with Crippen LogP contribution in [0.15, 0.2) is 58.7 Å². The van der Waals surface area contributed by atoms with Crippen molar-refractivity contribution in [2.45, 2.75) is 31.0 Å². The predicted molar refractivity (Wildman–Crippen MR) is 182 cm³/mol. The molecular formula is C36H45Cl3O9SiTi. The summed E-state index contributed by atoms with van der Waals surface area (Å²) < 4.78 is 53.5. The zero-order valence-corrected chi connectivity index (χ0v) is 35.6. The third kappa shape index (κ3) is 6.75. The normalized spacial score (nSPS) is 13.3. The molecule has 50 heavy (non-hydrogen) atoms. The molecule has 1 aliphatic rings. The average molecular weight is 804 g/mol. The van der Waals surface area contributed by atoms with Crippen LogP contribution in [0.25, 0.3) is 0 Å². The predicted octanol–water partition coefficient (Wildman–Crippen LogP) is -3.82. The van der Waals surface area contributed by atoms with Crippen LogP contribution in [0.4, 0.5) is 0 Å². The molecule has 0 aromatic heterocycles. The van der Waals surface area contributed by atoms with Gasteiger partial charge in [0, 0.05) is 0 Å². The second-order valence-corrected chi connectivity index (χ2v) is 17.0. The van der Waals surface area contributed by atoms with E-state index in [2.05, 4.69) is 48.1 Å². The first-order chi connectivity index (χ1) is 22.4. The number of benzene rings is 3. The van der Waals surface area contributed by atoms with Crippen molar-refractivity contribution in [2.24, 2.45) is 0 Å². The number of hydrogen-bond donors (Lipinski definition) is 0. The Kier molecular flexibility index (Phi) is 16.3. The van der Waals surface area contributed by atoms with Gasteiger partial charge in [-0.25, -0.2) is 0 Å². The molecule has 0 aliphatic heterocycles. The van der Waals surface area contributed by atoms with Crippen LogP contribution in [0.5, 0.6) is 51.7 Å². The summed E-state index contributed by atoms with van der Waals surface area (Å²) >= 11 is 2.31. The molecule has 0 saturated heterocycles. The van der Waals surface area contributed by atoms with Gasteiger partial charge in [-0.3, -0.25) is 0 Å². The summed E-state index contributed by atoms with van der Waals surface area (Å²) in [5.74, 6) is 5.13. The minimum absolute atomic E-state index is 0. The van der Waals surface area contributed by atoms with Crippen LogP contribution in [0.3, 0.4) is 0 Å². The van der Waals surface area contributed by atoms with Crippen LogP contribution < -0.4 is 95.4 Å². The van der Waals surface area contributed by atoms with Gasteiger partial charge >= 0.3 is 292 Å². The smallest absolute Gasteiger partial charge is 1.00 e. The monoisotopic (exact) mass is 802 g/mol. The van der Waals surface area contributed by atoms with E-state index in [4.69, 9.17) is 42.6 Å². The maximum Gasteiger partial charge on any atom is -1.00 e. The van der Waals surface area contributed by atoms with Crippen molar-refractivity contribution >= 4 is 23.6 Å². The van der Waals surface area contributed by atoms with E-state index >= 15 is 0 Å². The van der Waals surface area contributed by atoms with Gasteiger partial charge in [-0.1, -0.05) is 0 Å². The Labute approximate surface area is 327 Å². The van der Waals surface area contributed by atoms with E-state index in [1.807, 2.05) is 36.4 Å². The Morgan fingerprint density at radius 3 is 0.780 bits per heavy atom. The molecule has 1 aliphatic carbocycles. The van der Waals surface area contributed by atoms with Gasteiger partial charge < -0.3 is 37.2 Å². The second-order valence-electron chi connectivity index (χ2n) is 11.2. The van der Waals surface area contributed by atoms with Crippen LogP contribution in [0.2, 0.25) is 3.34 Å². The molecule has 3 aromatic carbocycles. The Balaban J connectivity index is 0.00000417. The van der Waals surface area contributed by atoms with E-state index in [1.165, 1.54) is 22.3 Å². The van der Waals surface area contributed by atoms with Crippen molar-refractivity contribution in [3.8, 4) is 51.7 Å². The summed E-state index contributed by atoms with van der Waals surface area (Å²) in [4.78, 5) is 0. The van der Waals surface area contributed by atoms with E-state index in [0.717, 1.165) is 15.6 Å². The summed E-state index contributed by atoms with van der Waals surface area (Å²) in [5, 5.41) is 2.70. The van der Waals surface area contributed by atoms with Gasteiger partial charge in [0.25, 0.3) is 0 Å². The molecule has 0 heterocycles. The molecule has 0 N–H and O–H groups in total. The third-order valence-electron chi connectivity index (χ3n) is 9.70. The first-order valence-electron chi connectivity index (χ1n) is 15.0. The molecule has 4 rings (SSSR count). The molecule has 0 atom stereocenters. The van der Waals surface area contributed by atoms with Gasteiger partial charge in [0.1, 0.15) is 0 Å². The van der Waals surface area contributed by atoms with E-state index in [-0.39, 0.29) is 37.2 Å². The van der Waals surface area contributed by atoms with Gasteiger partial charge in [-0.15, -0.1) is 0 Å². The summed E-state index contributed by atoms with van der Waals surface area (Å²) in [7, 11) is 11.1. The second kappa shape index (κ2) is 18.1. The van der Waals surface area contributed by atoms with Crippen molar-refractivity contribution in [3.05, 3.63) is 58.7 Å². The van der Waals surface area contributed by atoms with Crippen molar-refractivity contribution in [3.63, 3.8) is 0 Å². The summed E-state index contributed by atoms with van der Waals surface area (Å²) in [6.07, 6.45) is 0. The number of methoxy groups -OCH3 is 9. The number of allylic oxidation sites excluding steroid dienone is 4. The Bertz CT molecular complexity index is 1570. The zero-order chi connectivity index (χ0) is 34.8. The van der Waals surface area contributed by atoms with E-state index in [1.54, 1.807) is 64.0 Å². The molecule has 0 bridgehead atoms. The van der Waals surface area contributed by atoms with Crippen molar-refractivity contribution < 1.29 is 100 Å². The Morgan fingerprint density at radius 1 is 0.380 bits per heavy atom. The molecule has 0 saturated carbocycles. The summed E-state index contributed by atoms with van der Waals surface area (Å²) in [6.45, 7) is 8.79. The van der Waals surface area contributed by atoms with Gasteiger partial charge in [-0.05, 0) is 0 Å². The number of rotatable bonds is 13. The van der Waals surface area contributed by atoms with Crippen LogP contribution >= 0.6 is 0 Å². The average Bonchev–Trinajstić information content (AvgIpc) is 3.26. The van der Waals surface area contributed by atoms with Crippen molar-refractivity contribution in [1.82, 2.24) is 0 Å². The van der Waals surface area contributed by atoms with E-state index < -0.39 is 11.4 Å². The quantitative estimate of drug-likeness (QED) is 0.128. The van der Waals surface area contributed by atoms with Crippen LogP contribution in [-0.4, -0.2) is 72.1 Å². The number of halogens is 3. The Hall–Kier alpha value is -2.86. The SMILES string of the molecule is COc1cc(OC)c([Si](c2cc(OC)c(OC)cc2OC)(c2cc(OC)c(OC)cc2OC)[C]2([Ti+3])C(C)=C(C)C(C)=C2C)cc1OC.[Cl-].[Cl-].[Cl-]. The standard InChI is InChI=1S/C36H45O9Si.3ClH.Ti/c1-20-21(2)23(4)36(22(20)3)46(33-17-27(40-8)24(37-5)14-30(33)43-11,34-18-28(41-9)25(38-6)15-31(34)44-12)35-19-29(42-10)26(39-7)16-32(35)45-13;;;;/h14-19H,1-13H3;3*1H;/q;;;;+3/p-3. The van der Waals surface area contributed by atoms with Gasteiger partial charge in [0.2, 0.25) is 0 Å². The molecule has 0 amide bonds. The molecule has 9 nitrogen and oxygen atoms in total. The largest absolute Gasteiger partial charge is 1.00 e. The molecule has 3 aromatic rings. The van der Waals surface area contributed by atoms with Crippen LogP contribution in [-0.2, 0) is 20.4 Å². The summed E-state index contributed by atoms with van der Waals surface area (Å²) in [6, 6.07) is 11.7. The van der Waals surface area contributed by atoms with Crippen molar-refractivity contribution in [1.29, 1.82) is 0 Å². The molecule has 0 radical (unpaired) electrons. The molecule has 0 unspecified atom stereocenters. The number of hydrogen-bond acceptors (Lipinski definition) is 9. The number of ether oxygens (including phenoxy) is 9. The third-order valence-corrected chi connectivity index (χ3v) is 18.1. The minimum atomic E-state index is -3.67. The molecule has 0 spiro atoms. The maximum absolute atomic E-state index is 6.29. The summed E-state index contributed by atoms with van der Waals surface area (Å²) in [5.41, 5.74) is 4.87. The first-order valence-corrected chi connectivity index (χ1v) is 17.8. The Morgan fingerprint density at radius 2 is 0.580 bits per heavy atom. The molecule has 272 valence electrons.